The first-order valence-electron chi connectivity index (χ1n) is 5.82. The average Bonchev–Trinajstić information content (AvgIpc) is 2.76. The average molecular weight is 237 g/mol. The molecular formula is C12H19N3S. The zero-order valence-corrected chi connectivity index (χ0v) is 10.8. The molecule has 1 fully saturated rings. The number of aromatic nitrogens is 2. The SMILES string of the molecule is CSC1(CNc2cc(C)ncn2)CCCC1. The van der Waals surface area contributed by atoms with Gasteiger partial charge in [0, 0.05) is 23.1 Å². The van der Waals surface area contributed by atoms with E-state index in [4.69, 9.17) is 0 Å². The van der Waals surface area contributed by atoms with E-state index in [9.17, 15) is 0 Å². The molecule has 3 nitrogen and oxygen atoms in total. The highest BCUT2D eigenvalue weighted by Crippen LogP contribution is 2.40. The third-order valence-electron chi connectivity index (χ3n) is 3.34. The number of hydrogen-bond donors (Lipinski definition) is 1. The molecule has 0 aromatic carbocycles. The quantitative estimate of drug-likeness (QED) is 0.874. The molecule has 0 radical (unpaired) electrons. The molecule has 2 rings (SSSR count). The van der Waals surface area contributed by atoms with Crippen LogP contribution in [0.15, 0.2) is 12.4 Å². The molecule has 88 valence electrons. The van der Waals surface area contributed by atoms with Gasteiger partial charge in [-0.2, -0.15) is 11.8 Å². The highest BCUT2D eigenvalue weighted by molar-refractivity contribution is 8.00. The Morgan fingerprint density at radius 3 is 2.75 bits per heavy atom. The number of anilines is 1. The van der Waals surface area contributed by atoms with Crippen LogP contribution in [0, 0.1) is 6.92 Å². The van der Waals surface area contributed by atoms with Crippen molar-refractivity contribution in [2.75, 3.05) is 18.1 Å². The fourth-order valence-electron chi connectivity index (χ4n) is 2.28. The lowest BCUT2D eigenvalue weighted by atomic mass is 10.1. The lowest BCUT2D eigenvalue weighted by molar-refractivity contribution is 0.638. The molecule has 1 heterocycles. The topological polar surface area (TPSA) is 37.8 Å². The summed E-state index contributed by atoms with van der Waals surface area (Å²) in [5, 5.41) is 3.45. The zero-order valence-electron chi connectivity index (χ0n) is 9.99. The Hall–Kier alpha value is -0.770. The van der Waals surface area contributed by atoms with Gasteiger partial charge >= 0.3 is 0 Å². The normalized spacial score (nSPS) is 18.6. The first kappa shape index (κ1) is 11.7. The minimum atomic E-state index is 0.429. The fraction of sp³-hybridized carbons (Fsp3) is 0.667. The first-order valence-corrected chi connectivity index (χ1v) is 7.04. The van der Waals surface area contributed by atoms with Crippen molar-refractivity contribution in [3.8, 4) is 0 Å². The third kappa shape index (κ3) is 2.67. The van der Waals surface area contributed by atoms with E-state index in [1.165, 1.54) is 25.7 Å². The van der Waals surface area contributed by atoms with Crippen LogP contribution in [0.3, 0.4) is 0 Å². The van der Waals surface area contributed by atoms with Gasteiger partial charge in [0.25, 0.3) is 0 Å². The predicted molar refractivity (Wildman–Crippen MR) is 70.0 cm³/mol. The summed E-state index contributed by atoms with van der Waals surface area (Å²) < 4.78 is 0.429. The van der Waals surface area contributed by atoms with Crippen molar-refractivity contribution in [1.29, 1.82) is 0 Å². The summed E-state index contributed by atoms with van der Waals surface area (Å²) in [5.74, 6) is 0.952. The summed E-state index contributed by atoms with van der Waals surface area (Å²) >= 11 is 2.00. The molecule has 0 saturated heterocycles. The van der Waals surface area contributed by atoms with Crippen LogP contribution in [0.1, 0.15) is 31.4 Å². The van der Waals surface area contributed by atoms with Gasteiger partial charge in [0.05, 0.1) is 0 Å². The van der Waals surface area contributed by atoms with Gasteiger partial charge in [-0.15, -0.1) is 0 Å². The van der Waals surface area contributed by atoms with E-state index in [0.29, 0.717) is 4.75 Å². The predicted octanol–water partition coefficient (Wildman–Crippen LogP) is 2.87. The van der Waals surface area contributed by atoms with E-state index in [2.05, 4.69) is 21.5 Å². The second-order valence-corrected chi connectivity index (χ2v) is 5.77. The van der Waals surface area contributed by atoms with Crippen molar-refractivity contribution in [2.45, 2.75) is 37.4 Å². The number of thioether (sulfide) groups is 1. The largest absolute Gasteiger partial charge is 0.369 e. The van der Waals surface area contributed by atoms with E-state index in [-0.39, 0.29) is 0 Å². The van der Waals surface area contributed by atoms with Gasteiger partial charge in [-0.1, -0.05) is 12.8 Å². The number of nitrogens with zero attached hydrogens (tertiary/aromatic N) is 2. The fourth-order valence-corrected chi connectivity index (χ4v) is 3.19. The highest BCUT2D eigenvalue weighted by atomic mass is 32.2. The molecule has 1 aliphatic rings. The van der Waals surface area contributed by atoms with Crippen molar-refractivity contribution in [1.82, 2.24) is 9.97 Å². The summed E-state index contributed by atoms with van der Waals surface area (Å²) in [6.45, 7) is 3.01. The van der Waals surface area contributed by atoms with Crippen molar-refractivity contribution in [3.63, 3.8) is 0 Å². The van der Waals surface area contributed by atoms with Crippen molar-refractivity contribution in [2.24, 2.45) is 0 Å². The molecule has 0 amide bonds. The van der Waals surface area contributed by atoms with E-state index in [0.717, 1.165) is 18.1 Å². The van der Waals surface area contributed by atoms with Crippen molar-refractivity contribution >= 4 is 17.6 Å². The Bertz CT molecular complexity index is 348. The van der Waals surface area contributed by atoms with Crippen LogP contribution in [0.2, 0.25) is 0 Å². The maximum atomic E-state index is 4.23. The van der Waals surface area contributed by atoms with Gasteiger partial charge in [-0.05, 0) is 26.0 Å². The van der Waals surface area contributed by atoms with Gasteiger partial charge < -0.3 is 5.32 Å². The summed E-state index contributed by atoms with van der Waals surface area (Å²) in [4.78, 5) is 8.34. The zero-order chi connectivity index (χ0) is 11.4. The molecule has 4 heteroatoms. The Labute approximate surface area is 101 Å². The van der Waals surface area contributed by atoms with Crippen LogP contribution in [0.5, 0.6) is 0 Å². The molecule has 16 heavy (non-hydrogen) atoms. The molecule has 1 aromatic heterocycles. The van der Waals surface area contributed by atoms with E-state index in [1.54, 1.807) is 6.33 Å². The van der Waals surface area contributed by atoms with Crippen LogP contribution in [-0.2, 0) is 0 Å². The number of nitrogens with one attached hydrogen (secondary N) is 1. The summed E-state index contributed by atoms with van der Waals surface area (Å²) in [7, 11) is 0. The maximum absolute atomic E-state index is 4.23. The molecule has 1 aliphatic carbocycles. The first-order chi connectivity index (χ1) is 7.74. The standard InChI is InChI=1S/C12H19N3S/c1-10-7-11(15-9-14-10)13-8-12(16-2)5-3-4-6-12/h7,9H,3-6,8H2,1-2H3,(H,13,14,15). The van der Waals surface area contributed by atoms with Gasteiger partial charge in [0.2, 0.25) is 0 Å². The lowest BCUT2D eigenvalue weighted by Gasteiger charge is -2.27. The molecule has 0 aliphatic heterocycles. The minimum absolute atomic E-state index is 0.429. The Kier molecular flexibility index (Phi) is 3.69. The molecule has 1 aromatic rings. The van der Waals surface area contributed by atoms with Gasteiger partial charge in [-0.3, -0.25) is 0 Å². The van der Waals surface area contributed by atoms with E-state index in [1.807, 2.05) is 24.8 Å². The van der Waals surface area contributed by atoms with Crippen LogP contribution in [0.25, 0.3) is 0 Å². The Morgan fingerprint density at radius 2 is 2.12 bits per heavy atom. The molecular weight excluding hydrogens is 218 g/mol. The van der Waals surface area contributed by atoms with E-state index < -0.39 is 0 Å². The maximum Gasteiger partial charge on any atom is 0.129 e. The van der Waals surface area contributed by atoms with Crippen LogP contribution in [0.4, 0.5) is 5.82 Å². The van der Waals surface area contributed by atoms with Crippen LogP contribution < -0.4 is 5.32 Å². The molecule has 0 bridgehead atoms. The molecule has 1 saturated carbocycles. The third-order valence-corrected chi connectivity index (χ3v) is 4.76. The summed E-state index contributed by atoms with van der Waals surface area (Å²) in [5.41, 5.74) is 1.02. The van der Waals surface area contributed by atoms with Crippen LogP contribution in [-0.4, -0.2) is 27.5 Å². The molecule has 1 N–H and O–H groups in total. The number of hydrogen-bond acceptors (Lipinski definition) is 4. The van der Waals surface area contributed by atoms with Crippen molar-refractivity contribution < 1.29 is 0 Å². The van der Waals surface area contributed by atoms with Gasteiger partial charge in [0.15, 0.2) is 0 Å². The number of rotatable bonds is 4. The lowest BCUT2D eigenvalue weighted by Crippen LogP contribution is -2.30. The Morgan fingerprint density at radius 1 is 1.38 bits per heavy atom. The van der Waals surface area contributed by atoms with Gasteiger partial charge in [-0.25, -0.2) is 9.97 Å². The van der Waals surface area contributed by atoms with Crippen LogP contribution >= 0.6 is 11.8 Å². The smallest absolute Gasteiger partial charge is 0.129 e. The molecule has 0 unspecified atom stereocenters. The second-order valence-electron chi connectivity index (χ2n) is 4.49. The number of aryl methyl sites for hydroxylation is 1. The summed E-state index contributed by atoms with van der Waals surface area (Å²) in [6, 6.07) is 2.00. The second kappa shape index (κ2) is 5.04. The molecule has 0 spiro atoms. The Balaban J connectivity index is 1.95. The highest BCUT2D eigenvalue weighted by Gasteiger charge is 2.32. The van der Waals surface area contributed by atoms with Gasteiger partial charge in [0.1, 0.15) is 12.1 Å². The molecule has 0 atom stereocenters. The van der Waals surface area contributed by atoms with Crippen molar-refractivity contribution in [3.05, 3.63) is 18.1 Å². The monoisotopic (exact) mass is 237 g/mol. The summed E-state index contributed by atoms with van der Waals surface area (Å²) in [6.07, 6.45) is 9.23. The minimum Gasteiger partial charge on any atom is -0.369 e. The van der Waals surface area contributed by atoms with E-state index >= 15 is 0 Å².